The fourth-order valence-corrected chi connectivity index (χ4v) is 3.86. The van der Waals surface area contributed by atoms with E-state index >= 15 is 0 Å². The summed E-state index contributed by atoms with van der Waals surface area (Å²) in [6, 6.07) is 17.0. The van der Waals surface area contributed by atoms with Gasteiger partial charge in [-0.25, -0.2) is 0 Å². The number of aromatic nitrogens is 1. The minimum atomic E-state index is -0.218. The minimum absolute atomic E-state index is 0.0512. The van der Waals surface area contributed by atoms with E-state index in [1.807, 2.05) is 54.6 Å². The van der Waals surface area contributed by atoms with Crippen LogP contribution < -0.4 is 0 Å². The SMILES string of the molecule is [N-]=[N+]=CC(=O)C1CCc2c(c3ccccc3n2C(=O)c2ccccc2)C1. The molecule has 0 bridgehead atoms. The lowest BCUT2D eigenvalue weighted by atomic mass is 9.84. The van der Waals surface area contributed by atoms with Crippen molar-refractivity contribution in [2.24, 2.45) is 5.92 Å². The molecule has 26 heavy (non-hydrogen) atoms. The molecule has 0 amide bonds. The van der Waals surface area contributed by atoms with E-state index in [9.17, 15) is 9.59 Å². The van der Waals surface area contributed by atoms with Gasteiger partial charge in [0.05, 0.1) is 5.52 Å². The van der Waals surface area contributed by atoms with Crippen LogP contribution in [0.1, 0.15) is 28.0 Å². The van der Waals surface area contributed by atoms with Crippen LogP contribution in [0.2, 0.25) is 0 Å². The molecule has 4 rings (SSSR count). The molecule has 1 unspecified atom stereocenters. The largest absolute Gasteiger partial charge is 0.361 e. The van der Waals surface area contributed by atoms with E-state index in [0.29, 0.717) is 24.8 Å². The van der Waals surface area contributed by atoms with E-state index in [4.69, 9.17) is 5.53 Å². The van der Waals surface area contributed by atoms with Crippen LogP contribution in [-0.4, -0.2) is 27.3 Å². The lowest BCUT2D eigenvalue weighted by molar-refractivity contribution is -0.119. The van der Waals surface area contributed by atoms with Gasteiger partial charge in [0.2, 0.25) is 5.78 Å². The predicted octanol–water partition coefficient (Wildman–Crippen LogP) is 3.30. The Morgan fingerprint density at radius 3 is 2.58 bits per heavy atom. The molecule has 0 radical (unpaired) electrons. The molecule has 1 aromatic heterocycles. The van der Waals surface area contributed by atoms with E-state index in [0.717, 1.165) is 28.4 Å². The van der Waals surface area contributed by atoms with Crippen LogP contribution in [0.15, 0.2) is 54.6 Å². The lowest BCUT2D eigenvalue weighted by Gasteiger charge is -2.20. The summed E-state index contributed by atoms with van der Waals surface area (Å²) in [6.07, 6.45) is 2.80. The predicted molar refractivity (Wildman–Crippen MR) is 98.3 cm³/mol. The number of benzene rings is 2. The van der Waals surface area contributed by atoms with Gasteiger partial charge in [-0.1, -0.05) is 36.4 Å². The summed E-state index contributed by atoms with van der Waals surface area (Å²) >= 11 is 0. The number of fused-ring (bicyclic) bond motifs is 3. The highest BCUT2D eigenvalue weighted by molar-refractivity contribution is 6.26. The normalized spacial score (nSPS) is 15.9. The average Bonchev–Trinajstić information content (AvgIpc) is 3.02. The molecule has 0 N–H and O–H groups in total. The second-order valence-electron chi connectivity index (χ2n) is 6.54. The second-order valence-corrected chi connectivity index (χ2v) is 6.54. The maximum atomic E-state index is 13.2. The Bertz CT molecular complexity index is 1060. The van der Waals surface area contributed by atoms with Crippen molar-refractivity contribution < 1.29 is 14.4 Å². The van der Waals surface area contributed by atoms with Gasteiger partial charge in [-0.2, -0.15) is 4.79 Å². The Kier molecular flexibility index (Phi) is 4.07. The van der Waals surface area contributed by atoms with Gasteiger partial charge in [-0.3, -0.25) is 14.2 Å². The summed E-state index contributed by atoms with van der Waals surface area (Å²) in [4.78, 5) is 28.1. The molecule has 5 heteroatoms. The number of para-hydroxylation sites is 1. The number of hydrogen-bond acceptors (Lipinski definition) is 2. The number of carbonyl (C=O) groups excluding carboxylic acids is 2. The van der Waals surface area contributed by atoms with Gasteiger partial charge >= 0.3 is 6.21 Å². The molecule has 0 aliphatic heterocycles. The van der Waals surface area contributed by atoms with E-state index < -0.39 is 0 Å². The molecule has 1 aliphatic carbocycles. The summed E-state index contributed by atoms with van der Waals surface area (Å²) in [5, 5.41) is 1.00. The molecule has 0 saturated heterocycles. The topological polar surface area (TPSA) is 75.5 Å². The Morgan fingerprint density at radius 1 is 1.08 bits per heavy atom. The Labute approximate surface area is 150 Å². The Balaban J connectivity index is 1.85. The molecule has 128 valence electrons. The van der Waals surface area contributed by atoms with Crippen LogP contribution in [0.4, 0.5) is 0 Å². The summed E-state index contributed by atoms with van der Waals surface area (Å²) in [5.41, 5.74) is 12.2. The molecule has 1 heterocycles. The highest BCUT2D eigenvalue weighted by atomic mass is 16.2. The summed E-state index contributed by atoms with van der Waals surface area (Å²) in [6.45, 7) is 0. The van der Waals surface area contributed by atoms with Crippen molar-refractivity contribution in [3.8, 4) is 0 Å². The fourth-order valence-electron chi connectivity index (χ4n) is 3.86. The van der Waals surface area contributed by atoms with E-state index in [-0.39, 0.29) is 17.6 Å². The van der Waals surface area contributed by atoms with Crippen LogP contribution in [-0.2, 0) is 17.6 Å². The van der Waals surface area contributed by atoms with Crippen LogP contribution in [0.3, 0.4) is 0 Å². The Morgan fingerprint density at radius 2 is 1.81 bits per heavy atom. The molecule has 3 aromatic rings. The van der Waals surface area contributed by atoms with Gasteiger partial charge < -0.3 is 5.53 Å². The molecule has 5 nitrogen and oxygen atoms in total. The summed E-state index contributed by atoms with van der Waals surface area (Å²) < 4.78 is 1.79. The molecular weight excluding hydrogens is 326 g/mol. The lowest BCUT2D eigenvalue weighted by Crippen LogP contribution is -2.25. The first-order valence-electron chi connectivity index (χ1n) is 8.63. The van der Waals surface area contributed by atoms with E-state index in [2.05, 4.69) is 4.79 Å². The minimum Gasteiger partial charge on any atom is -0.361 e. The third-order valence-corrected chi connectivity index (χ3v) is 5.08. The molecule has 0 saturated carbocycles. The van der Waals surface area contributed by atoms with Gasteiger partial charge in [-0.15, -0.1) is 0 Å². The van der Waals surface area contributed by atoms with Crippen LogP contribution in [0, 0.1) is 5.92 Å². The van der Waals surface area contributed by atoms with Crippen LogP contribution in [0.5, 0.6) is 0 Å². The molecule has 1 aliphatic rings. The van der Waals surface area contributed by atoms with Crippen LogP contribution >= 0.6 is 0 Å². The highest BCUT2D eigenvalue weighted by Gasteiger charge is 2.31. The van der Waals surface area contributed by atoms with E-state index in [1.165, 1.54) is 0 Å². The van der Waals surface area contributed by atoms with Gasteiger partial charge in [0.1, 0.15) is 0 Å². The number of nitrogens with zero attached hydrogens (tertiary/aromatic N) is 3. The van der Waals surface area contributed by atoms with Crippen molar-refractivity contribution in [1.82, 2.24) is 4.57 Å². The zero-order chi connectivity index (χ0) is 18.1. The summed E-state index contributed by atoms with van der Waals surface area (Å²) in [7, 11) is 0. The number of Topliss-reactive ketones (excluding diaryl/α,β-unsaturated/α-hetero) is 1. The second kappa shape index (κ2) is 6.54. The van der Waals surface area contributed by atoms with Crippen molar-refractivity contribution in [2.75, 3.05) is 0 Å². The standard InChI is InChI=1S/C21H17N3O2/c22-23-13-20(25)15-10-11-19-17(12-15)16-8-4-5-9-18(16)24(19)21(26)14-6-2-1-3-7-14/h1-9,13,15H,10-12H2. The molecule has 2 aromatic carbocycles. The summed E-state index contributed by atoms with van der Waals surface area (Å²) in [5.74, 6) is -0.446. The quantitative estimate of drug-likeness (QED) is 0.416. The number of rotatable bonds is 3. The van der Waals surface area contributed by atoms with Crippen molar-refractivity contribution in [1.29, 1.82) is 0 Å². The monoisotopic (exact) mass is 343 g/mol. The van der Waals surface area contributed by atoms with Crippen molar-refractivity contribution in [2.45, 2.75) is 19.3 Å². The number of ketones is 1. The van der Waals surface area contributed by atoms with Gasteiger partial charge in [0.15, 0.2) is 0 Å². The third kappa shape index (κ3) is 2.59. The average molecular weight is 343 g/mol. The van der Waals surface area contributed by atoms with Crippen LogP contribution in [0.25, 0.3) is 16.4 Å². The van der Waals surface area contributed by atoms with Gasteiger partial charge in [0, 0.05) is 22.6 Å². The van der Waals surface area contributed by atoms with Crippen molar-refractivity contribution in [3.05, 3.63) is 76.9 Å². The smallest absolute Gasteiger partial charge is 0.323 e. The zero-order valence-corrected chi connectivity index (χ0v) is 14.1. The maximum Gasteiger partial charge on any atom is 0.323 e. The highest BCUT2D eigenvalue weighted by Crippen LogP contribution is 2.35. The number of hydrogen-bond donors (Lipinski definition) is 0. The first kappa shape index (κ1) is 16.2. The molecule has 0 spiro atoms. The third-order valence-electron chi connectivity index (χ3n) is 5.08. The molecule has 1 atom stereocenters. The first-order valence-corrected chi connectivity index (χ1v) is 8.63. The zero-order valence-electron chi connectivity index (χ0n) is 14.1. The first-order chi connectivity index (χ1) is 12.7. The molecule has 0 fully saturated rings. The Hall–Kier alpha value is -3.30. The van der Waals surface area contributed by atoms with Gasteiger partial charge in [0.25, 0.3) is 5.91 Å². The van der Waals surface area contributed by atoms with E-state index in [1.54, 1.807) is 4.57 Å². The fraction of sp³-hybridized carbons (Fsp3) is 0.190. The van der Waals surface area contributed by atoms with Crippen molar-refractivity contribution >= 4 is 28.8 Å². The van der Waals surface area contributed by atoms with Crippen molar-refractivity contribution in [3.63, 3.8) is 0 Å². The van der Waals surface area contributed by atoms with Gasteiger partial charge in [-0.05, 0) is 43.0 Å². The molecular formula is C21H17N3O2. The number of carbonyl (C=O) groups is 2. The maximum absolute atomic E-state index is 13.2.